The quantitative estimate of drug-likeness (QED) is 0.173. The zero-order valence-corrected chi connectivity index (χ0v) is 19.1. The van der Waals surface area contributed by atoms with Gasteiger partial charge in [-0.3, -0.25) is 0 Å². The first kappa shape index (κ1) is 22.8. The third kappa shape index (κ3) is 12.2. The van der Waals surface area contributed by atoms with Crippen molar-refractivity contribution in [2.24, 2.45) is 0 Å². The van der Waals surface area contributed by atoms with Crippen molar-refractivity contribution in [3.8, 4) is 0 Å². The van der Waals surface area contributed by atoms with Crippen LogP contribution < -0.4 is 0 Å². The number of rotatable bonds is 17. The van der Waals surface area contributed by atoms with E-state index in [2.05, 4.69) is 20.8 Å². The molecule has 2 heteroatoms. The summed E-state index contributed by atoms with van der Waals surface area (Å²) in [6, 6.07) is 0. The minimum absolute atomic E-state index is 1.34. The molecule has 0 aliphatic rings. The average molecular weight is 419 g/mol. The van der Waals surface area contributed by atoms with E-state index >= 15 is 0 Å². The molecule has 0 heterocycles. The molecule has 0 aliphatic heterocycles. The van der Waals surface area contributed by atoms with Crippen LogP contribution in [0, 0.1) is 0 Å². The van der Waals surface area contributed by atoms with Crippen molar-refractivity contribution in [2.75, 3.05) is 7.11 Å². The van der Waals surface area contributed by atoms with Gasteiger partial charge in [0.25, 0.3) is 0 Å². The second kappa shape index (κ2) is 16.6. The van der Waals surface area contributed by atoms with Crippen LogP contribution in [0.15, 0.2) is 0 Å². The molecule has 0 rings (SSSR count). The van der Waals surface area contributed by atoms with Gasteiger partial charge in [-0.2, -0.15) is 0 Å². The predicted octanol–water partition coefficient (Wildman–Crippen LogP) is 7.71. The Hall–Kier alpha value is 0.759. The van der Waals surface area contributed by atoms with Gasteiger partial charge in [0.1, 0.15) is 0 Å². The zero-order chi connectivity index (χ0) is 16.5. The van der Waals surface area contributed by atoms with E-state index in [0.717, 1.165) is 0 Å². The molecule has 0 fully saturated rings. The van der Waals surface area contributed by atoms with Gasteiger partial charge in [-0.05, 0) is 0 Å². The molecule has 0 aromatic rings. The minimum atomic E-state index is -2.22. The Bertz CT molecular complexity index is 202. The number of hydrogen-bond acceptors (Lipinski definition) is 1. The van der Waals surface area contributed by atoms with E-state index in [4.69, 9.17) is 3.07 Å². The summed E-state index contributed by atoms with van der Waals surface area (Å²) < 4.78 is 10.7. The molecule has 0 aromatic carbocycles. The first-order chi connectivity index (χ1) is 10.7. The summed E-state index contributed by atoms with van der Waals surface area (Å²) in [6.07, 6.45) is 18.5. The summed E-state index contributed by atoms with van der Waals surface area (Å²) in [7, 11) is 2.04. The summed E-state index contributed by atoms with van der Waals surface area (Å²) >= 11 is -2.22. The van der Waals surface area contributed by atoms with E-state index < -0.39 is 18.8 Å². The van der Waals surface area contributed by atoms with Crippen molar-refractivity contribution in [1.29, 1.82) is 0 Å². The van der Waals surface area contributed by atoms with E-state index in [-0.39, 0.29) is 0 Å². The Morgan fingerprint density at radius 2 is 0.909 bits per heavy atom. The standard InChI is InChI=1S/2C8H17.C3H7.CH3O.Sn/c2*1-3-5-7-8-6-4-2;1-3-2;1-2;/h2*1,3-8H2,2H3;1,3H2,2H3;1H3;/q;;;-1;+1. The fourth-order valence-electron chi connectivity index (χ4n) is 3.59. The van der Waals surface area contributed by atoms with E-state index in [1.165, 1.54) is 96.8 Å². The monoisotopic (exact) mass is 420 g/mol. The van der Waals surface area contributed by atoms with Crippen LogP contribution >= 0.6 is 0 Å². The van der Waals surface area contributed by atoms with E-state index in [0.29, 0.717) is 0 Å². The fraction of sp³-hybridized carbons (Fsp3) is 1.00. The third-order valence-corrected chi connectivity index (χ3v) is 18.8. The maximum absolute atomic E-state index is 6.24. The molecule has 0 aliphatic carbocycles. The van der Waals surface area contributed by atoms with Crippen molar-refractivity contribution < 1.29 is 3.07 Å². The predicted molar refractivity (Wildman–Crippen MR) is 104 cm³/mol. The second-order valence-electron chi connectivity index (χ2n) is 7.17. The molecule has 0 spiro atoms. The molecule has 134 valence electrons. The van der Waals surface area contributed by atoms with Crippen LogP contribution in [-0.4, -0.2) is 25.9 Å². The molecule has 0 N–H and O–H groups in total. The molecule has 0 amide bonds. The van der Waals surface area contributed by atoms with Crippen LogP contribution in [0.5, 0.6) is 0 Å². The third-order valence-electron chi connectivity index (χ3n) is 5.11. The van der Waals surface area contributed by atoms with Crippen LogP contribution in [0.2, 0.25) is 13.3 Å². The average Bonchev–Trinajstić information content (AvgIpc) is 2.54. The van der Waals surface area contributed by atoms with Gasteiger partial charge in [-0.15, -0.1) is 0 Å². The number of hydrogen-bond donors (Lipinski definition) is 0. The first-order valence-electron chi connectivity index (χ1n) is 10.3. The van der Waals surface area contributed by atoms with Crippen LogP contribution in [0.3, 0.4) is 0 Å². The number of unbranched alkanes of at least 4 members (excludes halogenated alkanes) is 10. The fourth-order valence-corrected chi connectivity index (χ4v) is 15.2. The van der Waals surface area contributed by atoms with Gasteiger partial charge in [-0.1, -0.05) is 0 Å². The van der Waals surface area contributed by atoms with Crippen molar-refractivity contribution >= 4 is 18.8 Å². The van der Waals surface area contributed by atoms with Gasteiger partial charge in [0, 0.05) is 0 Å². The van der Waals surface area contributed by atoms with Crippen molar-refractivity contribution in [3.63, 3.8) is 0 Å². The van der Waals surface area contributed by atoms with Gasteiger partial charge in [0.2, 0.25) is 0 Å². The summed E-state index contributed by atoms with van der Waals surface area (Å²) in [5, 5.41) is 0. The van der Waals surface area contributed by atoms with Crippen molar-refractivity contribution in [3.05, 3.63) is 0 Å². The second-order valence-corrected chi connectivity index (χ2v) is 19.4. The Labute approximate surface area is 146 Å². The Morgan fingerprint density at radius 1 is 0.500 bits per heavy atom. The summed E-state index contributed by atoms with van der Waals surface area (Å²) in [5.74, 6) is 0. The summed E-state index contributed by atoms with van der Waals surface area (Å²) in [5.41, 5.74) is 0. The molecular weight excluding hydrogens is 375 g/mol. The molecule has 0 atom stereocenters. The first-order valence-corrected chi connectivity index (χ1v) is 17.5. The van der Waals surface area contributed by atoms with Gasteiger partial charge in [-0.25, -0.2) is 0 Å². The van der Waals surface area contributed by atoms with E-state index in [1.54, 1.807) is 0 Å². The Kier molecular flexibility index (Phi) is 17.2. The topological polar surface area (TPSA) is 9.23 Å². The summed E-state index contributed by atoms with van der Waals surface area (Å²) in [4.78, 5) is 0. The molecule has 0 saturated carbocycles. The zero-order valence-electron chi connectivity index (χ0n) is 16.2. The molecule has 0 bridgehead atoms. The molecular formula is C20H44OSn. The van der Waals surface area contributed by atoms with Gasteiger partial charge in [0.05, 0.1) is 0 Å². The molecule has 0 radical (unpaired) electrons. The van der Waals surface area contributed by atoms with Crippen LogP contribution in [0.25, 0.3) is 0 Å². The molecule has 0 saturated heterocycles. The molecule has 0 aromatic heterocycles. The van der Waals surface area contributed by atoms with Crippen LogP contribution in [-0.2, 0) is 3.07 Å². The summed E-state index contributed by atoms with van der Waals surface area (Å²) in [6.45, 7) is 6.95. The molecule has 0 unspecified atom stereocenters. The molecule has 22 heavy (non-hydrogen) atoms. The van der Waals surface area contributed by atoms with Crippen molar-refractivity contribution in [2.45, 2.75) is 118 Å². The Morgan fingerprint density at radius 3 is 1.27 bits per heavy atom. The molecule has 1 nitrogen and oxygen atoms in total. The van der Waals surface area contributed by atoms with Gasteiger partial charge in [0.15, 0.2) is 0 Å². The maximum atomic E-state index is 6.24. The van der Waals surface area contributed by atoms with E-state index in [1.807, 2.05) is 7.11 Å². The normalized spacial score (nSPS) is 12.0. The SMILES string of the molecule is CCCCCCC[CH2][Sn]([CH2]CC)([CH2]CCCCCCC)[O]C. The Balaban J connectivity index is 3.95. The van der Waals surface area contributed by atoms with Crippen LogP contribution in [0.1, 0.15) is 104 Å². The van der Waals surface area contributed by atoms with Crippen molar-refractivity contribution in [1.82, 2.24) is 0 Å². The van der Waals surface area contributed by atoms with E-state index in [9.17, 15) is 0 Å². The van der Waals surface area contributed by atoms with Gasteiger partial charge < -0.3 is 0 Å². The van der Waals surface area contributed by atoms with Crippen LogP contribution in [0.4, 0.5) is 0 Å². The van der Waals surface area contributed by atoms with Gasteiger partial charge >= 0.3 is 147 Å².